The summed E-state index contributed by atoms with van der Waals surface area (Å²) in [4.78, 5) is 0. The highest BCUT2D eigenvalue weighted by Crippen LogP contribution is 2.59. The van der Waals surface area contributed by atoms with Crippen molar-refractivity contribution < 1.29 is 0 Å². The molecule has 0 saturated heterocycles. The molecule has 116 valence electrons. The van der Waals surface area contributed by atoms with E-state index in [1.54, 1.807) is 5.56 Å². The summed E-state index contributed by atoms with van der Waals surface area (Å²) in [5.41, 5.74) is 2.66. The van der Waals surface area contributed by atoms with Crippen LogP contribution in [-0.2, 0) is 0 Å². The third kappa shape index (κ3) is 3.05. The molecular formula is C21H32. The maximum atomic E-state index is 2.60. The minimum atomic E-state index is 0.520. The third-order valence-electron chi connectivity index (χ3n) is 6.52. The molecule has 0 atom stereocenters. The van der Waals surface area contributed by atoms with Crippen LogP contribution in [0, 0.1) is 10.8 Å². The van der Waals surface area contributed by atoms with Crippen LogP contribution in [0.1, 0.15) is 89.5 Å². The second-order valence-corrected chi connectivity index (χ2v) is 8.27. The van der Waals surface area contributed by atoms with Crippen LogP contribution >= 0.6 is 0 Å². The first-order chi connectivity index (χ1) is 10.1. The van der Waals surface area contributed by atoms with Crippen LogP contribution in [0.3, 0.4) is 0 Å². The zero-order valence-corrected chi connectivity index (χ0v) is 14.0. The summed E-state index contributed by atoms with van der Waals surface area (Å²) < 4.78 is 0. The van der Waals surface area contributed by atoms with E-state index in [-0.39, 0.29) is 0 Å². The van der Waals surface area contributed by atoms with Crippen LogP contribution in [-0.4, -0.2) is 0 Å². The molecule has 0 radical (unpaired) electrons. The van der Waals surface area contributed by atoms with Crippen molar-refractivity contribution in [3.05, 3.63) is 35.9 Å². The van der Waals surface area contributed by atoms with Gasteiger partial charge in [-0.1, -0.05) is 82.7 Å². The van der Waals surface area contributed by atoms with Crippen LogP contribution in [0.15, 0.2) is 30.3 Å². The zero-order valence-electron chi connectivity index (χ0n) is 14.0. The SMILES string of the molecule is CC1(C(c2ccccc2)C2(C)CCCCC2)CCCCC1. The average molecular weight is 284 g/mol. The number of benzene rings is 1. The first-order valence-corrected chi connectivity index (χ1v) is 9.19. The summed E-state index contributed by atoms with van der Waals surface area (Å²) in [6.45, 7) is 5.20. The van der Waals surface area contributed by atoms with Gasteiger partial charge in [0.1, 0.15) is 0 Å². The standard InChI is InChI=1S/C21H32/c1-20(14-8-4-9-15-20)19(18-12-6-3-7-13-18)21(2)16-10-5-11-17-21/h3,6-7,12-13,19H,4-5,8-11,14-17H2,1-2H3. The predicted octanol–water partition coefficient (Wildman–Crippen LogP) is 6.71. The summed E-state index contributed by atoms with van der Waals surface area (Å²) in [5.74, 6) is 0.756. The smallest absolute Gasteiger partial charge is 0.00540 e. The monoisotopic (exact) mass is 284 g/mol. The van der Waals surface area contributed by atoms with Crippen molar-refractivity contribution in [1.29, 1.82) is 0 Å². The van der Waals surface area contributed by atoms with Crippen LogP contribution in [0.2, 0.25) is 0 Å². The van der Waals surface area contributed by atoms with Crippen LogP contribution in [0.4, 0.5) is 0 Å². The molecule has 21 heavy (non-hydrogen) atoms. The topological polar surface area (TPSA) is 0 Å². The van der Waals surface area contributed by atoms with Gasteiger partial charge in [0, 0.05) is 0 Å². The van der Waals surface area contributed by atoms with Gasteiger partial charge in [0.25, 0.3) is 0 Å². The Morgan fingerprint density at radius 1 is 0.667 bits per heavy atom. The molecule has 0 aliphatic heterocycles. The van der Waals surface area contributed by atoms with Crippen LogP contribution < -0.4 is 0 Å². The lowest BCUT2D eigenvalue weighted by Crippen LogP contribution is -2.40. The number of hydrogen-bond acceptors (Lipinski definition) is 0. The largest absolute Gasteiger partial charge is 0.0622 e. The van der Waals surface area contributed by atoms with Gasteiger partial charge in [-0.2, -0.15) is 0 Å². The van der Waals surface area contributed by atoms with Gasteiger partial charge in [-0.3, -0.25) is 0 Å². The molecule has 0 aromatic heterocycles. The fourth-order valence-corrected chi connectivity index (χ4v) is 5.59. The van der Waals surface area contributed by atoms with E-state index in [0.717, 1.165) is 5.92 Å². The Morgan fingerprint density at radius 3 is 1.52 bits per heavy atom. The van der Waals surface area contributed by atoms with Gasteiger partial charge in [0.15, 0.2) is 0 Å². The van der Waals surface area contributed by atoms with Gasteiger partial charge in [-0.25, -0.2) is 0 Å². The maximum Gasteiger partial charge on any atom is -0.00540 e. The third-order valence-corrected chi connectivity index (χ3v) is 6.52. The molecule has 2 saturated carbocycles. The van der Waals surface area contributed by atoms with Gasteiger partial charge < -0.3 is 0 Å². The molecule has 0 heteroatoms. The lowest BCUT2D eigenvalue weighted by Gasteiger charge is -2.52. The average Bonchev–Trinajstić information content (AvgIpc) is 2.49. The molecule has 0 N–H and O–H groups in total. The summed E-state index contributed by atoms with van der Waals surface area (Å²) >= 11 is 0. The van der Waals surface area contributed by atoms with Crippen molar-refractivity contribution in [3.8, 4) is 0 Å². The molecule has 3 rings (SSSR count). The van der Waals surface area contributed by atoms with Crippen LogP contribution in [0.5, 0.6) is 0 Å². The molecule has 1 aromatic rings. The van der Waals surface area contributed by atoms with Crippen molar-refractivity contribution in [2.75, 3.05) is 0 Å². The van der Waals surface area contributed by atoms with E-state index in [0.29, 0.717) is 10.8 Å². The van der Waals surface area contributed by atoms with E-state index in [1.807, 2.05) is 0 Å². The van der Waals surface area contributed by atoms with Gasteiger partial charge >= 0.3 is 0 Å². The second kappa shape index (κ2) is 6.15. The molecule has 2 aliphatic carbocycles. The highest BCUT2D eigenvalue weighted by Gasteiger charge is 2.46. The molecule has 0 unspecified atom stereocenters. The van der Waals surface area contributed by atoms with E-state index in [4.69, 9.17) is 0 Å². The van der Waals surface area contributed by atoms with Gasteiger partial charge in [0.05, 0.1) is 0 Å². The van der Waals surface area contributed by atoms with Gasteiger partial charge in [-0.15, -0.1) is 0 Å². The Morgan fingerprint density at radius 2 is 1.10 bits per heavy atom. The van der Waals surface area contributed by atoms with Gasteiger partial charge in [-0.05, 0) is 48.0 Å². The Balaban J connectivity index is 1.98. The molecule has 0 heterocycles. The maximum absolute atomic E-state index is 2.60. The van der Waals surface area contributed by atoms with Crippen molar-refractivity contribution in [1.82, 2.24) is 0 Å². The molecule has 0 bridgehead atoms. The highest BCUT2D eigenvalue weighted by atomic mass is 14.5. The van der Waals surface area contributed by atoms with E-state index < -0.39 is 0 Å². The summed E-state index contributed by atoms with van der Waals surface area (Å²) in [5, 5.41) is 0. The normalized spacial score (nSPS) is 24.9. The number of hydrogen-bond donors (Lipinski definition) is 0. The molecule has 2 aliphatic rings. The lowest BCUT2D eigenvalue weighted by molar-refractivity contribution is 0.0442. The van der Waals surface area contributed by atoms with Crippen LogP contribution in [0.25, 0.3) is 0 Å². The lowest BCUT2D eigenvalue weighted by atomic mass is 9.53. The Hall–Kier alpha value is -0.780. The molecule has 0 amide bonds. The second-order valence-electron chi connectivity index (χ2n) is 8.27. The van der Waals surface area contributed by atoms with Crippen molar-refractivity contribution >= 4 is 0 Å². The molecular weight excluding hydrogens is 252 g/mol. The van der Waals surface area contributed by atoms with E-state index in [9.17, 15) is 0 Å². The fourth-order valence-electron chi connectivity index (χ4n) is 5.59. The summed E-state index contributed by atoms with van der Waals surface area (Å²) in [6.07, 6.45) is 14.4. The summed E-state index contributed by atoms with van der Waals surface area (Å²) in [7, 11) is 0. The Kier molecular flexibility index (Phi) is 4.43. The molecule has 2 fully saturated rings. The van der Waals surface area contributed by atoms with E-state index in [1.165, 1.54) is 64.2 Å². The zero-order chi connectivity index (χ0) is 14.8. The quantitative estimate of drug-likeness (QED) is 0.578. The first kappa shape index (κ1) is 15.1. The van der Waals surface area contributed by atoms with Crippen molar-refractivity contribution in [2.24, 2.45) is 10.8 Å². The van der Waals surface area contributed by atoms with Gasteiger partial charge in [0.2, 0.25) is 0 Å². The Bertz CT molecular complexity index is 408. The molecule has 1 aromatic carbocycles. The Labute approximate surface area is 131 Å². The number of rotatable bonds is 3. The first-order valence-electron chi connectivity index (χ1n) is 9.19. The van der Waals surface area contributed by atoms with E-state index in [2.05, 4.69) is 44.2 Å². The fraction of sp³-hybridized carbons (Fsp3) is 0.714. The molecule has 0 nitrogen and oxygen atoms in total. The minimum absolute atomic E-state index is 0.520. The van der Waals surface area contributed by atoms with Crippen molar-refractivity contribution in [2.45, 2.75) is 84.0 Å². The molecule has 0 spiro atoms. The highest BCUT2D eigenvalue weighted by molar-refractivity contribution is 5.25. The minimum Gasteiger partial charge on any atom is -0.0622 e. The van der Waals surface area contributed by atoms with E-state index >= 15 is 0 Å². The summed E-state index contributed by atoms with van der Waals surface area (Å²) in [6, 6.07) is 11.5. The van der Waals surface area contributed by atoms with Crippen molar-refractivity contribution in [3.63, 3.8) is 0 Å². The predicted molar refractivity (Wildman–Crippen MR) is 91.6 cm³/mol.